The molecule has 2 aliphatic rings. The predicted octanol–water partition coefficient (Wildman–Crippen LogP) is 0.992. The van der Waals surface area contributed by atoms with Gasteiger partial charge in [0.1, 0.15) is 0 Å². The van der Waals surface area contributed by atoms with Gasteiger partial charge in [-0.3, -0.25) is 4.79 Å². The number of nitrogens with zero attached hydrogens (tertiary/aromatic N) is 1. The van der Waals surface area contributed by atoms with E-state index < -0.39 is 9.84 Å². The molecule has 1 fully saturated rings. The molecule has 1 aliphatic carbocycles. The minimum Gasteiger partial charge on any atom is -0.328 e. The van der Waals surface area contributed by atoms with Gasteiger partial charge in [0.2, 0.25) is 5.91 Å². The van der Waals surface area contributed by atoms with Crippen LogP contribution in [0.5, 0.6) is 0 Å². The van der Waals surface area contributed by atoms with Gasteiger partial charge in [0.05, 0.1) is 18.1 Å². The lowest BCUT2D eigenvalue weighted by Gasteiger charge is -2.27. The van der Waals surface area contributed by atoms with Gasteiger partial charge in [0.15, 0.2) is 9.84 Å². The summed E-state index contributed by atoms with van der Waals surface area (Å²) < 4.78 is 23.0. The van der Waals surface area contributed by atoms with Crippen molar-refractivity contribution in [1.29, 1.82) is 0 Å². The van der Waals surface area contributed by atoms with Crippen molar-refractivity contribution >= 4 is 15.7 Å². The summed E-state index contributed by atoms with van der Waals surface area (Å²) in [5, 5.41) is 0. The van der Waals surface area contributed by atoms with E-state index in [1.807, 2.05) is 0 Å². The normalized spacial score (nSPS) is 28.2. The summed E-state index contributed by atoms with van der Waals surface area (Å²) in [5.41, 5.74) is 0. The van der Waals surface area contributed by atoms with Gasteiger partial charge >= 0.3 is 0 Å². The summed E-state index contributed by atoms with van der Waals surface area (Å²) >= 11 is 0. The third kappa shape index (κ3) is 3.60. The smallest absolute Gasteiger partial charge is 0.224 e. The minimum atomic E-state index is -3.00. The molecule has 1 aliphatic heterocycles. The van der Waals surface area contributed by atoms with E-state index in [1.54, 1.807) is 4.90 Å². The first kappa shape index (κ1) is 14.1. The SMILES string of the molecule is C#CCN(C(=O)C[C@H]1C=CCC1)[C@@H]1CCS(=O)(=O)C1. The molecular formula is C14H19NO3S. The lowest BCUT2D eigenvalue weighted by Crippen LogP contribution is -2.41. The number of sulfone groups is 1. The molecule has 2 atom stereocenters. The van der Waals surface area contributed by atoms with Gasteiger partial charge in [0, 0.05) is 12.5 Å². The Kier molecular flexibility index (Phi) is 4.31. The fourth-order valence-electron chi connectivity index (χ4n) is 2.75. The molecule has 104 valence electrons. The number of hydrogen-bond donors (Lipinski definition) is 0. The van der Waals surface area contributed by atoms with E-state index in [1.165, 1.54) is 0 Å². The van der Waals surface area contributed by atoms with Crippen LogP contribution in [-0.2, 0) is 14.6 Å². The van der Waals surface area contributed by atoms with Crippen molar-refractivity contribution in [1.82, 2.24) is 4.90 Å². The summed E-state index contributed by atoms with van der Waals surface area (Å²) in [6, 6.07) is -0.237. The third-order valence-electron chi connectivity index (χ3n) is 3.78. The summed E-state index contributed by atoms with van der Waals surface area (Å²) in [5.74, 6) is 2.95. The Morgan fingerprint density at radius 1 is 1.42 bits per heavy atom. The van der Waals surface area contributed by atoms with Crippen molar-refractivity contribution in [2.75, 3.05) is 18.1 Å². The molecular weight excluding hydrogens is 262 g/mol. The second kappa shape index (κ2) is 5.79. The highest BCUT2D eigenvalue weighted by Crippen LogP contribution is 2.24. The van der Waals surface area contributed by atoms with Crippen molar-refractivity contribution in [3.05, 3.63) is 12.2 Å². The Hall–Kier alpha value is -1.28. The average molecular weight is 281 g/mol. The van der Waals surface area contributed by atoms with Gasteiger partial charge in [-0.1, -0.05) is 18.1 Å². The van der Waals surface area contributed by atoms with Crippen LogP contribution < -0.4 is 0 Å². The number of hydrogen-bond acceptors (Lipinski definition) is 3. The molecule has 0 aromatic heterocycles. The van der Waals surface area contributed by atoms with Crippen LogP contribution in [0.15, 0.2) is 12.2 Å². The molecule has 0 saturated carbocycles. The molecule has 19 heavy (non-hydrogen) atoms. The van der Waals surface area contributed by atoms with Crippen molar-refractivity contribution in [2.45, 2.75) is 31.7 Å². The zero-order chi connectivity index (χ0) is 13.9. The van der Waals surface area contributed by atoms with Crippen LogP contribution in [0.2, 0.25) is 0 Å². The predicted molar refractivity (Wildman–Crippen MR) is 74.1 cm³/mol. The number of amides is 1. The van der Waals surface area contributed by atoms with Gasteiger partial charge in [-0.05, 0) is 25.2 Å². The first-order valence-electron chi connectivity index (χ1n) is 6.62. The monoisotopic (exact) mass is 281 g/mol. The number of carbonyl (C=O) groups is 1. The second-order valence-electron chi connectivity index (χ2n) is 5.25. The maximum atomic E-state index is 12.3. The standard InChI is InChI=1S/C14H19NO3S/c1-2-8-15(13-7-9-19(17,18)11-13)14(16)10-12-5-3-4-6-12/h1,3,5,12-13H,4,6-11H2/t12-,13+/m0/s1. The number of allylic oxidation sites excluding steroid dienone is 2. The Morgan fingerprint density at radius 2 is 2.21 bits per heavy atom. The van der Waals surface area contributed by atoms with Crippen LogP contribution in [0.1, 0.15) is 25.7 Å². The van der Waals surface area contributed by atoms with Crippen LogP contribution in [-0.4, -0.2) is 43.3 Å². The molecule has 0 spiro atoms. The Morgan fingerprint density at radius 3 is 2.74 bits per heavy atom. The van der Waals surface area contributed by atoms with Gasteiger partial charge in [0.25, 0.3) is 0 Å². The van der Waals surface area contributed by atoms with E-state index in [9.17, 15) is 13.2 Å². The Bertz CT molecular complexity index is 515. The Labute approximate surface area is 114 Å². The maximum absolute atomic E-state index is 12.3. The van der Waals surface area contributed by atoms with Gasteiger partial charge in [-0.25, -0.2) is 8.42 Å². The van der Waals surface area contributed by atoms with E-state index in [0.717, 1.165) is 12.8 Å². The van der Waals surface area contributed by atoms with Crippen molar-refractivity contribution in [2.24, 2.45) is 5.92 Å². The fourth-order valence-corrected chi connectivity index (χ4v) is 4.48. The number of rotatable bonds is 4. The number of terminal acetylenes is 1. The molecule has 0 bridgehead atoms. The average Bonchev–Trinajstić information content (AvgIpc) is 2.95. The van der Waals surface area contributed by atoms with Crippen LogP contribution >= 0.6 is 0 Å². The van der Waals surface area contributed by atoms with Gasteiger partial charge in [-0.15, -0.1) is 6.42 Å². The molecule has 0 aromatic carbocycles. The summed E-state index contributed by atoms with van der Waals surface area (Å²) in [6.07, 6.45) is 12.4. The summed E-state index contributed by atoms with van der Waals surface area (Å²) in [4.78, 5) is 13.9. The van der Waals surface area contributed by atoms with Crippen LogP contribution in [0.25, 0.3) is 0 Å². The highest BCUT2D eigenvalue weighted by molar-refractivity contribution is 7.91. The largest absolute Gasteiger partial charge is 0.328 e. The minimum absolute atomic E-state index is 0.0170. The molecule has 1 heterocycles. The molecule has 0 N–H and O–H groups in total. The lowest BCUT2D eigenvalue weighted by atomic mass is 10.0. The van der Waals surface area contributed by atoms with Crippen molar-refractivity contribution in [3.63, 3.8) is 0 Å². The highest BCUT2D eigenvalue weighted by atomic mass is 32.2. The third-order valence-corrected chi connectivity index (χ3v) is 5.53. The molecule has 5 heteroatoms. The lowest BCUT2D eigenvalue weighted by molar-refractivity contribution is -0.133. The topological polar surface area (TPSA) is 54.5 Å². The molecule has 4 nitrogen and oxygen atoms in total. The number of carbonyl (C=O) groups excluding carboxylic acids is 1. The highest BCUT2D eigenvalue weighted by Gasteiger charge is 2.34. The van der Waals surface area contributed by atoms with Gasteiger partial charge in [-0.2, -0.15) is 0 Å². The van der Waals surface area contributed by atoms with Crippen molar-refractivity contribution in [3.8, 4) is 12.3 Å². The molecule has 0 aromatic rings. The van der Waals surface area contributed by atoms with E-state index >= 15 is 0 Å². The fraction of sp³-hybridized carbons (Fsp3) is 0.643. The first-order valence-corrected chi connectivity index (χ1v) is 8.44. The molecule has 0 unspecified atom stereocenters. The summed E-state index contributed by atoms with van der Waals surface area (Å²) in [7, 11) is -3.00. The van der Waals surface area contributed by atoms with E-state index in [-0.39, 0.29) is 35.9 Å². The molecule has 2 rings (SSSR count). The second-order valence-corrected chi connectivity index (χ2v) is 7.48. The van der Waals surface area contributed by atoms with Crippen LogP contribution in [0.4, 0.5) is 0 Å². The van der Waals surface area contributed by atoms with E-state index in [4.69, 9.17) is 6.42 Å². The van der Waals surface area contributed by atoms with Crippen LogP contribution in [0.3, 0.4) is 0 Å². The summed E-state index contributed by atoms with van der Waals surface area (Å²) in [6.45, 7) is 0.204. The van der Waals surface area contributed by atoms with Crippen LogP contribution in [0, 0.1) is 18.3 Å². The zero-order valence-electron chi connectivity index (χ0n) is 10.9. The molecule has 1 amide bonds. The van der Waals surface area contributed by atoms with E-state index in [0.29, 0.717) is 12.8 Å². The maximum Gasteiger partial charge on any atom is 0.224 e. The quantitative estimate of drug-likeness (QED) is 0.570. The van der Waals surface area contributed by atoms with Crippen molar-refractivity contribution < 1.29 is 13.2 Å². The zero-order valence-corrected chi connectivity index (χ0v) is 11.7. The first-order chi connectivity index (χ1) is 9.02. The van der Waals surface area contributed by atoms with E-state index in [2.05, 4.69) is 18.1 Å². The van der Waals surface area contributed by atoms with Gasteiger partial charge < -0.3 is 4.90 Å². The molecule has 1 saturated heterocycles. The molecule has 0 radical (unpaired) electrons. The Balaban J connectivity index is 2.01.